The summed E-state index contributed by atoms with van der Waals surface area (Å²) < 4.78 is 13.2. The van der Waals surface area contributed by atoms with E-state index in [0.717, 1.165) is 18.7 Å². The molecule has 0 heterocycles. The van der Waals surface area contributed by atoms with E-state index in [-0.39, 0.29) is 11.9 Å². The minimum atomic E-state index is -0.184. The summed E-state index contributed by atoms with van der Waals surface area (Å²) in [6.07, 6.45) is 0. The lowest BCUT2D eigenvalue weighted by atomic mass is 9.96. The van der Waals surface area contributed by atoms with Crippen molar-refractivity contribution in [1.82, 2.24) is 4.90 Å². The van der Waals surface area contributed by atoms with E-state index < -0.39 is 0 Å². The molecule has 106 valence electrons. The van der Waals surface area contributed by atoms with Crippen molar-refractivity contribution in [2.75, 3.05) is 13.1 Å². The van der Waals surface area contributed by atoms with Crippen molar-refractivity contribution >= 4 is 0 Å². The Morgan fingerprint density at radius 1 is 0.850 bits per heavy atom. The third kappa shape index (κ3) is 3.26. The number of benzene rings is 2. The first-order valence-electron chi connectivity index (χ1n) is 7.21. The van der Waals surface area contributed by atoms with Crippen molar-refractivity contribution in [3.8, 4) is 0 Å². The van der Waals surface area contributed by atoms with E-state index in [1.807, 2.05) is 12.1 Å². The number of hydrogen-bond donors (Lipinski definition) is 0. The molecule has 0 aliphatic carbocycles. The first-order valence-corrected chi connectivity index (χ1v) is 7.21. The molecule has 0 saturated heterocycles. The summed E-state index contributed by atoms with van der Waals surface area (Å²) in [5.74, 6) is -0.184. The second kappa shape index (κ2) is 6.67. The molecule has 2 heteroatoms. The molecule has 2 aromatic rings. The summed E-state index contributed by atoms with van der Waals surface area (Å²) in [6, 6.07) is 15.6. The van der Waals surface area contributed by atoms with Crippen molar-refractivity contribution in [2.45, 2.75) is 26.8 Å². The van der Waals surface area contributed by atoms with Gasteiger partial charge in [0.15, 0.2) is 0 Å². The zero-order chi connectivity index (χ0) is 14.5. The largest absolute Gasteiger partial charge is 0.293 e. The number of nitrogens with zero attached hydrogens (tertiary/aromatic N) is 1. The monoisotopic (exact) mass is 271 g/mol. The van der Waals surface area contributed by atoms with Crippen LogP contribution in [-0.2, 0) is 0 Å². The zero-order valence-electron chi connectivity index (χ0n) is 12.4. The molecule has 2 aromatic carbocycles. The molecule has 2 rings (SSSR count). The number of hydrogen-bond acceptors (Lipinski definition) is 1. The normalized spacial score (nSPS) is 12.7. The minimum absolute atomic E-state index is 0.184. The molecular formula is C18H22FN. The van der Waals surface area contributed by atoms with Gasteiger partial charge in [0.1, 0.15) is 5.82 Å². The van der Waals surface area contributed by atoms with E-state index >= 15 is 0 Å². The topological polar surface area (TPSA) is 3.24 Å². The Labute approximate surface area is 121 Å². The summed E-state index contributed by atoms with van der Waals surface area (Å²) in [6.45, 7) is 8.34. The second-order valence-electron chi connectivity index (χ2n) is 5.09. The van der Waals surface area contributed by atoms with E-state index in [0.29, 0.717) is 0 Å². The molecule has 0 aliphatic heterocycles. The van der Waals surface area contributed by atoms with Gasteiger partial charge in [-0.15, -0.1) is 0 Å². The van der Waals surface area contributed by atoms with Crippen molar-refractivity contribution in [3.05, 3.63) is 71.0 Å². The standard InChI is InChI=1S/C18H22FN/c1-4-20(5-2)18(15-8-6-14(3)7-9-15)16-10-12-17(19)13-11-16/h6-13,18H,4-5H2,1-3H3. The molecular weight excluding hydrogens is 249 g/mol. The highest BCUT2D eigenvalue weighted by Gasteiger charge is 2.19. The van der Waals surface area contributed by atoms with Crippen molar-refractivity contribution in [3.63, 3.8) is 0 Å². The fourth-order valence-corrected chi connectivity index (χ4v) is 2.60. The van der Waals surface area contributed by atoms with Gasteiger partial charge in [0.05, 0.1) is 6.04 Å². The van der Waals surface area contributed by atoms with Crippen LogP contribution in [0.15, 0.2) is 48.5 Å². The van der Waals surface area contributed by atoms with Crippen LogP contribution < -0.4 is 0 Å². The number of rotatable bonds is 5. The van der Waals surface area contributed by atoms with Gasteiger partial charge in [-0.2, -0.15) is 0 Å². The summed E-state index contributed by atoms with van der Waals surface area (Å²) in [5.41, 5.74) is 3.65. The van der Waals surface area contributed by atoms with Gasteiger partial charge >= 0.3 is 0 Å². The molecule has 1 nitrogen and oxygen atoms in total. The quantitative estimate of drug-likeness (QED) is 0.770. The Bertz CT molecular complexity index is 481. The third-order valence-electron chi connectivity index (χ3n) is 3.76. The average molecular weight is 271 g/mol. The number of aryl methyl sites for hydroxylation is 1. The van der Waals surface area contributed by atoms with Crippen molar-refractivity contribution in [2.24, 2.45) is 0 Å². The Kier molecular flexibility index (Phi) is 4.91. The maximum absolute atomic E-state index is 13.2. The smallest absolute Gasteiger partial charge is 0.123 e. The van der Waals surface area contributed by atoms with Crippen LogP contribution in [0.1, 0.15) is 36.6 Å². The Morgan fingerprint density at radius 3 is 1.75 bits per heavy atom. The molecule has 0 bridgehead atoms. The summed E-state index contributed by atoms with van der Waals surface area (Å²) in [7, 11) is 0. The Hall–Kier alpha value is -1.67. The van der Waals surface area contributed by atoms with Crippen LogP contribution in [0.25, 0.3) is 0 Å². The van der Waals surface area contributed by atoms with Gasteiger partial charge in [-0.25, -0.2) is 4.39 Å². The van der Waals surface area contributed by atoms with Gasteiger partial charge in [0.2, 0.25) is 0 Å². The second-order valence-corrected chi connectivity index (χ2v) is 5.09. The van der Waals surface area contributed by atoms with Gasteiger partial charge in [-0.05, 0) is 43.3 Å². The highest BCUT2D eigenvalue weighted by Crippen LogP contribution is 2.28. The first kappa shape index (κ1) is 14.7. The SMILES string of the molecule is CCN(CC)C(c1ccc(C)cc1)c1ccc(F)cc1. The van der Waals surface area contributed by atoms with Crippen LogP contribution in [0.3, 0.4) is 0 Å². The van der Waals surface area contributed by atoms with Crippen molar-refractivity contribution < 1.29 is 4.39 Å². The number of halogens is 1. The molecule has 0 spiro atoms. The lowest BCUT2D eigenvalue weighted by Crippen LogP contribution is -2.29. The summed E-state index contributed by atoms with van der Waals surface area (Å²) in [4.78, 5) is 2.39. The van der Waals surface area contributed by atoms with Gasteiger partial charge < -0.3 is 0 Å². The average Bonchev–Trinajstić information content (AvgIpc) is 2.47. The van der Waals surface area contributed by atoms with Crippen LogP contribution >= 0.6 is 0 Å². The predicted molar refractivity (Wildman–Crippen MR) is 82.3 cm³/mol. The zero-order valence-corrected chi connectivity index (χ0v) is 12.4. The summed E-state index contributed by atoms with van der Waals surface area (Å²) >= 11 is 0. The van der Waals surface area contributed by atoms with Gasteiger partial charge in [-0.3, -0.25) is 4.90 Å². The summed E-state index contributed by atoms with van der Waals surface area (Å²) in [5, 5.41) is 0. The van der Waals surface area contributed by atoms with E-state index in [9.17, 15) is 4.39 Å². The predicted octanol–water partition coefficient (Wildman–Crippen LogP) is 4.57. The molecule has 20 heavy (non-hydrogen) atoms. The fourth-order valence-electron chi connectivity index (χ4n) is 2.60. The molecule has 0 saturated carbocycles. The highest BCUT2D eigenvalue weighted by molar-refractivity contribution is 5.33. The van der Waals surface area contributed by atoms with Crippen LogP contribution in [0.4, 0.5) is 4.39 Å². The molecule has 0 radical (unpaired) electrons. The van der Waals surface area contributed by atoms with E-state index in [1.165, 1.54) is 11.1 Å². The molecule has 0 fully saturated rings. The highest BCUT2D eigenvalue weighted by atomic mass is 19.1. The Morgan fingerprint density at radius 2 is 1.30 bits per heavy atom. The van der Waals surface area contributed by atoms with Crippen LogP contribution in [0.5, 0.6) is 0 Å². The van der Waals surface area contributed by atoms with Crippen LogP contribution in [0, 0.1) is 12.7 Å². The van der Waals surface area contributed by atoms with E-state index in [1.54, 1.807) is 12.1 Å². The molecule has 0 N–H and O–H groups in total. The molecule has 1 unspecified atom stereocenters. The molecule has 1 atom stereocenters. The van der Waals surface area contributed by atoms with E-state index in [4.69, 9.17) is 0 Å². The van der Waals surface area contributed by atoms with Gasteiger partial charge in [0, 0.05) is 0 Å². The lowest BCUT2D eigenvalue weighted by molar-refractivity contribution is 0.250. The third-order valence-corrected chi connectivity index (χ3v) is 3.76. The first-order chi connectivity index (χ1) is 9.65. The van der Waals surface area contributed by atoms with Crippen molar-refractivity contribution in [1.29, 1.82) is 0 Å². The van der Waals surface area contributed by atoms with Crippen LogP contribution in [0.2, 0.25) is 0 Å². The molecule has 0 aromatic heterocycles. The Balaban J connectivity index is 2.43. The fraction of sp³-hybridized carbons (Fsp3) is 0.333. The van der Waals surface area contributed by atoms with E-state index in [2.05, 4.69) is 49.9 Å². The van der Waals surface area contributed by atoms with Crippen LogP contribution in [-0.4, -0.2) is 18.0 Å². The molecule has 0 aliphatic rings. The molecule has 0 amide bonds. The maximum Gasteiger partial charge on any atom is 0.123 e. The minimum Gasteiger partial charge on any atom is -0.293 e. The maximum atomic E-state index is 13.2. The van der Waals surface area contributed by atoms with Gasteiger partial charge in [-0.1, -0.05) is 55.8 Å². The lowest BCUT2D eigenvalue weighted by Gasteiger charge is -2.30. The van der Waals surface area contributed by atoms with Gasteiger partial charge in [0.25, 0.3) is 0 Å².